The number of nitrogens with one attached hydrogen (secondary N) is 2. The number of pyridine rings is 1. The molecule has 0 bridgehead atoms. The Bertz CT molecular complexity index is 1680. The predicted molar refractivity (Wildman–Crippen MR) is 165 cm³/mol. The van der Waals surface area contributed by atoms with Crippen molar-refractivity contribution in [2.24, 2.45) is 7.05 Å². The van der Waals surface area contributed by atoms with E-state index in [2.05, 4.69) is 89.3 Å². The van der Waals surface area contributed by atoms with Gasteiger partial charge in [0.05, 0.1) is 11.9 Å². The molecule has 2 N–H and O–H groups in total. The number of hydrogen-bond donors (Lipinski definition) is 2. The molecule has 3 aromatic heterocycles. The molecule has 0 fully saturated rings. The van der Waals surface area contributed by atoms with Gasteiger partial charge in [0.15, 0.2) is 0 Å². The van der Waals surface area contributed by atoms with Gasteiger partial charge >= 0.3 is 0 Å². The second kappa shape index (κ2) is 11.2. The molecule has 0 saturated carbocycles. The molecule has 0 aliphatic rings. The minimum absolute atomic E-state index is 0.242. The summed E-state index contributed by atoms with van der Waals surface area (Å²) in [6, 6.07) is 16.9. The van der Waals surface area contributed by atoms with Gasteiger partial charge in [-0.3, -0.25) is 9.48 Å². The Morgan fingerprint density at radius 3 is 2.42 bits per heavy atom. The fourth-order valence-corrected chi connectivity index (χ4v) is 4.77. The Kier molecular flexibility index (Phi) is 7.53. The number of aryl methyl sites for hydroxylation is 2. The summed E-state index contributed by atoms with van der Waals surface area (Å²) in [7, 11) is 8.19. The van der Waals surface area contributed by atoms with Crippen LogP contribution in [0.15, 0.2) is 79.8 Å². The molecule has 0 saturated heterocycles. The highest BCUT2D eigenvalue weighted by Gasteiger charge is 2.19. The van der Waals surface area contributed by atoms with Gasteiger partial charge in [-0.2, -0.15) is 5.10 Å². The molecule has 8 heteroatoms. The van der Waals surface area contributed by atoms with E-state index in [4.69, 9.17) is 4.98 Å². The number of likely N-dealkylation sites (N-methyl/N-ethyl adjacent to an activating group) is 2. The van der Waals surface area contributed by atoms with E-state index in [1.54, 1.807) is 4.68 Å². The normalized spacial score (nSPS) is 11.2. The Morgan fingerprint density at radius 1 is 1.00 bits per heavy atom. The Hall–Kier alpha value is -4.69. The summed E-state index contributed by atoms with van der Waals surface area (Å²) in [5, 5.41) is 8.28. The molecular weight excluding hydrogens is 498 g/mol. The second-order valence-corrected chi connectivity index (χ2v) is 10.4. The van der Waals surface area contributed by atoms with Crippen molar-refractivity contribution in [3.05, 3.63) is 85.3 Å². The van der Waals surface area contributed by atoms with E-state index in [0.29, 0.717) is 0 Å². The molecule has 0 unspecified atom stereocenters. The van der Waals surface area contributed by atoms with E-state index < -0.39 is 0 Å². The average Bonchev–Trinajstić information content (AvgIpc) is 3.56. The van der Waals surface area contributed by atoms with E-state index >= 15 is 0 Å². The third-order valence-electron chi connectivity index (χ3n) is 7.14. The number of benzene rings is 2. The lowest BCUT2D eigenvalue weighted by atomic mass is 9.96. The quantitative estimate of drug-likeness (QED) is 0.237. The average molecular weight is 534 g/mol. The highest BCUT2D eigenvalue weighted by atomic mass is 16.1. The number of amides is 1. The van der Waals surface area contributed by atoms with Crippen molar-refractivity contribution in [1.82, 2.24) is 24.6 Å². The van der Waals surface area contributed by atoms with Crippen molar-refractivity contribution >= 4 is 28.3 Å². The second-order valence-electron chi connectivity index (χ2n) is 10.4. The largest absolute Gasteiger partial charge is 0.373 e. The molecule has 0 aliphatic heterocycles. The molecule has 0 radical (unpaired) electrons. The van der Waals surface area contributed by atoms with Gasteiger partial charge in [0.2, 0.25) is 5.91 Å². The number of hydrogen-bond acceptors (Lipinski definition) is 5. The van der Waals surface area contributed by atoms with Gasteiger partial charge < -0.3 is 20.1 Å². The Labute approximate surface area is 235 Å². The number of H-pyrrole nitrogens is 1. The van der Waals surface area contributed by atoms with Gasteiger partial charge in [-0.1, -0.05) is 30.8 Å². The number of aromatic amines is 1. The summed E-state index contributed by atoms with van der Waals surface area (Å²) in [5.41, 5.74) is 9.68. The molecule has 0 atom stereocenters. The zero-order valence-electron chi connectivity index (χ0n) is 23.7. The standard InChI is InChI=1S/C32H35N7O/c1-7-29(40)35-28-17-23(9-8-21(28)2)30-27-16-24(25-19-34-39(6)20-25)18-33-32(27)36-31(30)22-10-12-26(13-11-22)38(5)15-14-37(3)4/h7-13,16-20H,1,14-15H2,2-6H3,(H,33,36)(H,35,40). The van der Waals surface area contributed by atoms with Crippen LogP contribution in [0.5, 0.6) is 0 Å². The lowest BCUT2D eigenvalue weighted by Gasteiger charge is -2.21. The maximum atomic E-state index is 12.1. The molecule has 204 valence electrons. The van der Waals surface area contributed by atoms with Crippen LogP contribution in [-0.4, -0.2) is 64.8 Å². The highest BCUT2D eigenvalue weighted by molar-refractivity contribution is 6.05. The zero-order chi connectivity index (χ0) is 28.4. The number of anilines is 2. The van der Waals surface area contributed by atoms with Gasteiger partial charge in [0, 0.05) is 73.0 Å². The molecule has 0 aliphatic carbocycles. The maximum Gasteiger partial charge on any atom is 0.247 e. The molecule has 5 rings (SSSR count). The van der Waals surface area contributed by atoms with Crippen molar-refractivity contribution in [2.75, 3.05) is 44.4 Å². The first-order chi connectivity index (χ1) is 19.2. The van der Waals surface area contributed by atoms with E-state index in [-0.39, 0.29) is 5.91 Å². The number of aromatic nitrogens is 4. The van der Waals surface area contributed by atoms with Crippen LogP contribution in [-0.2, 0) is 11.8 Å². The third-order valence-corrected chi connectivity index (χ3v) is 7.14. The van der Waals surface area contributed by atoms with Gasteiger partial charge in [-0.25, -0.2) is 4.98 Å². The lowest BCUT2D eigenvalue weighted by Crippen LogP contribution is -2.28. The smallest absolute Gasteiger partial charge is 0.247 e. The highest BCUT2D eigenvalue weighted by Crippen LogP contribution is 2.40. The monoisotopic (exact) mass is 533 g/mol. The fraction of sp³-hybridized carbons (Fsp3) is 0.219. The SMILES string of the molecule is C=CC(=O)Nc1cc(-c2c(-c3ccc(N(C)CCN(C)C)cc3)[nH]c3ncc(-c4cnn(C)c4)cc23)ccc1C. The van der Waals surface area contributed by atoms with Crippen LogP contribution in [0.25, 0.3) is 44.5 Å². The van der Waals surface area contributed by atoms with Gasteiger partial charge in [-0.15, -0.1) is 0 Å². The first kappa shape index (κ1) is 26.9. The summed E-state index contributed by atoms with van der Waals surface area (Å²) in [4.78, 5) is 25.0. The molecule has 5 aromatic rings. The first-order valence-corrected chi connectivity index (χ1v) is 13.2. The van der Waals surface area contributed by atoms with Crippen LogP contribution in [0, 0.1) is 6.92 Å². The van der Waals surface area contributed by atoms with Crippen LogP contribution in [0.3, 0.4) is 0 Å². The van der Waals surface area contributed by atoms with Crippen molar-refractivity contribution in [2.45, 2.75) is 6.92 Å². The first-order valence-electron chi connectivity index (χ1n) is 13.2. The lowest BCUT2D eigenvalue weighted by molar-refractivity contribution is -0.111. The Morgan fingerprint density at radius 2 is 1.75 bits per heavy atom. The molecular formula is C32H35N7O. The maximum absolute atomic E-state index is 12.1. The summed E-state index contributed by atoms with van der Waals surface area (Å²) >= 11 is 0. The number of carbonyl (C=O) groups excluding carboxylic acids is 1. The van der Waals surface area contributed by atoms with E-state index in [1.807, 2.05) is 44.7 Å². The zero-order valence-corrected chi connectivity index (χ0v) is 23.7. The minimum Gasteiger partial charge on any atom is -0.373 e. The van der Waals surface area contributed by atoms with Gasteiger partial charge in [0.25, 0.3) is 0 Å². The van der Waals surface area contributed by atoms with E-state index in [0.717, 1.165) is 74.6 Å². The van der Waals surface area contributed by atoms with Gasteiger partial charge in [0.1, 0.15) is 5.65 Å². The number of carbonyl (C=O) groups is 1. The summed E-state index contributed by atoms with van der Waals surface area (Å²) in [6.45, 7) is 7.49. The molecule has 1 amide bonds. The van der Waals surface area contributed by atoms with Crippen LogP contribution in [0.4, 0.5) is 11.4 Å². The van der Waals surface area contributed by atoms with Crippen molar-refractivity contribution in [3.63, 3.8) is 0 Å². The number of fused-ring (bicyclic) bond motifs is 1. The van der Waals surface area contributed by atoms with Crippen molar-refractivity contribution < 1.29 is 4.79 Å². The molecule has 3 heterocycles. The molecule has 40 heavy (non-hydrogen) atoms. The number of nitrogens with zero attached hydrogens (tertiary/aromatic N) is 5. The van der Waals surface area contributed by atoms with Crippen LogP contribution < -0.4 is 10.2 Å². The number of rotatable bonds is 9. The summed E-state index contributed by atoms with van der Waals surface area (Å²) < 4.78 is 1.79. The minimum atomic E-state index is -0.242. The predicted octanol–water partition coefficient (Wildman–Crippen LogP) is 5.73. The van der Waals surface area contributed by atoms with E-state index in [1.165, 1.54) is 6.08 Å². The molecule has 8 nitrogen and oxygen atoms in total. The van der Waals surface area contributed by atoms with E-state index in [9.17, 15) is 4.79 Å². The van der Waals surface area contributed by atoms with Crippen LogP contribution >= 0.6 is 0 Å². The molecule has 2 aromatic carbocycles. The fourth-order valence-electron chi connectivity index (χ4n) is 4.77. The Balaban J connectivity index is 1.64. The summed E-state index contributed by atoms with van der Waals surface area (Å²) in [6.07, 6.45) is 6.98. The van der Waals surface area contributed by atoms with Crippen molar-refractivity contribution in [3.8, 4) is 33.5 Å². The summed E-state index contributed by atoms with van der Waals surface area (Å²) in [5.74, 6) is -0.242. The van der Waals surface area contributed by atoms with Crippen LogP contribution in [0.1, 0.15) is 5.56 Å². The van der Waals surface area contributed by atoms with Crippen LogP contribution in [0.2, 0.25) is 0 Å². The van der Waals surface area contributed by atoms with Crippen molar-refractivity contribution in [1.29, 1.82) is 0 Å². The van der Waals surface area contributed by atoms with Gasteiger partial charge in [-0.05, 0) is 68.1 Å². The third kappa shape index (κ3) is 5.53. The topological polar surface area (TPSA) is 82.1 Å². The molecule has 0 spiro atoms.